The van der Waals surface area contributed by atoms with Gasteiger partial charge in [-0.05, 0) is 0 Å². The van der Waals surface area contributed by atoms with Crippen LogP contribution in [0.4, 0.5) is 0 Å². The van der Waals surface area contributed by atoms with Crippen LogP contribution in [0.1, 0.15) is 33.1 Å². The van der Waals surface area contributed by atoms with Gasteiger partial charge in [-0.1, -0.05) is 0 Å². The number of halogens is 2. The summed E-state index contributed by atoms with van der Waals surface area (Å²) in [4.78, 5) is 0. The fourth-order valence-electron chi connectivity index (χ4n) is 2.57. The first kappa shape index (κ1) is 19.2. The summed E-state index contributed by atoms with van der Waals surface area (Å²) >= 11 is 2.22. The number of hydrogen-bond acceptors (Lipinski definition) is 1. The second kappa shape index (κ2) is 7.85. The molecule has 0 fully saturated rings. The van der Waals surface area contributed by atoms with Crippen LogP contribution in [0.5, 0.6) is 0 Å². The Balaban J connectivity index is 0.00000162. The average Bonchev–Trinajstić information content (AvgIpc) is 2.69. The fraction of sp³-hybridized carbons (Fsp3) is 0.467. The molecule has 0 saturated carbocycles. The van der Waals surface area contributed by atoms with Gasteiger partial charge < -0.3 is 24.8 Å². The standard InChI is InChI=1S/C15H19O.2ClH.Ti/c1-12-8-9-15(16-3,13(2)10-12)11-14-6-4-5-7-14;;;/h4,6,8,10H,5,9,11H2,1-3H3;2*1H;/q;;;+2/p-2. The molecule has 103 valence electrons. The van der Waals surface area contributed by atoms with Gasteiger partial charge in [0.25, 0.3) is 0 Å². The van der Waals surface area contributed by atoms with E-state index in [1.807, 2.05) is 7.11 Å². The Bertz CT molecular complexity index is 449. The minimum absolute atomic E-state index is 0. The van der Waals surface area contributed by atoms with Gasteiger partial charge in [-0.15, -0.1) is 0 Å². The van der Waals surface area contributed by atoms with Crippen molar-refractivity contribution in [2.75, 3.05) is 7.11 Å². The molecule has 0 aromatic carbocycles. The van der Waals surface area contributed by atoms with Crippen molar-refractivity contribution in [1.29, 1.82) is 0 Å². The van der Waals surface area contributed by atoms with Crippen LogP contribution in [0.15, 0.2) is 44.9 Å². The minimum Gasteiger partial charge on any atom is -1.00 e. The molecule has 2 rings (SSSR count). The van der Waals surface area contributed by atoms with Crippen molar-refractivity contribution in [2.24, 2.45) is 0 Å². The molecule has 2 aliphatic carbocycles. The van der Waals surface area contributed by atoms with E-state index in [0.29, 0.717) is 0 Å². The molecule has 0 heterocycles. The number of methoxy groups -OCH3 is 1. The van der Waals surface area contributed by atoms with E-state index in [9.17, 15) is 0 Å². The largest absolute Gasteiger partial charge is 1.00 e. The molecular formula is C15H19Cl2OTi. The second-order valence-electron chi connectivity index (χ2n) is 4.97. The monoisotopic (exact) mass is 333 g/mol. The van der Waals surface area contributed by atoms with Gasteiger partial charge in [0.15, 0.2) is 0 Å². The first-order chi connectivity index (χ1) is 8.07. The molecular weight excluding hydrogens is 315 g/mol. The number of allylic oxidation sites excluding steroid dienone is 5. The first-order valence-electron chi connectivity index (χ1n) is 6.08. The Morgan fingerprint density at radius 3 is 2.47 bits per heavy atom. The van der Waals surface area contributed by atoms with E-state index in [0.717, 1.165) is 19.3 Å². The van der Waals surface area contributed by atoms with Gasteiger partial charge in [0.05, 0.1) is 0 Å². The van der Waals surface area contributed by atoms with Crippen molar-refractivity contribution in [3.8, 4) is 0 Å². The quantitative estimate of drug-likeness (QED) is 0.534. The first-order valence-corrected chi connectivity index (χ1v) is 6.86. The van der Waals surface area contributed by atoms with Gasteiger partial charge in [-0.3, -0.25) is 0 Å². The molecule has 19 heavy (non-hydrogen) atoms. The predicted molar refractivity (Wildman–Crippen MR) is 67.3 cm³/mol. The Morgan fingerprint density at radius 1 is 1.32 bits per heavy atom. The summed E-state index contributed by atoms with van der Waals surface area (Å²) in [5.74, 6) is 0. The van der Waals surface area contributed by atoms with E-state index in [1.54, 1.807) is 0 Å². The van der Waals surface area contributed by atoms with Crippen LogP contribution in [0.3, 0.4) is 0 Å². The average molecular weight is 334 g/mol. The summed E-state index contributed by atoms with van der Waals surface area (Å²) in [5, 5.41) is 0. The van der Waals surface area contributed by atoms with Crippen LogP contribution in [0.25, 0.3) is 0 Å². The van der Waals surface area contributed by atoms with Crippen molar-refractivity contribution in [2.45, 2.75) is 38.7 Å². The van der Waals surface area contributed by atoms with Gasteiger partial charge in [0, 0.05) is 0 Å². The molecule has 2 aliphatic rings. The summed E-state index contributed by atoms with van der Waals surface area (Å²) in [6.07, 6.45) is 12.1. The van der Waals surface area contributed by atoms with E-state index < -0.39 is 0 Å². The summed E-state index contributed by atoms with van der Waals surface area (Å²) in [6.45, 7) is 4.34. The molecule has 0 aromatic rings. The van der Waals surface area contributed by atoms with Crippen LogP contribution in [-0.4, -0.2) is 12.7 Å². The molecule has 0 saturated heterocycles. The van der Waals surface area contributed by atoms with Crippen LogP contribution in [-0.2, 0) is 25.2 Å². The summed E-state index contributed by atoms with van der Waals surface area (Å²) < 4.78 is 7.36. The molecule has 1 atom stereocenters. The molecule has 0 N–H and O–H groups in total. The maximum atomic E-state index is 5.87. The summed E-state index contributed by atoms with van der Waals surface area (Å²) in [6, 6.07) is 0. The van der Waals surface area contributed by atoms with Crippen molar-refractivity contribution >= 4 is 0 Å². The van der Waals surface area contributed by atoms with Gasteiger partial charge in [0.2, 0.25) is 0 Å². The molecule has 0 aromatic heterocycles. The normalized spacial score (nSPS) is 25.5. The van der Waals surface area contributed by atoms with E-state index in [1.165, 1.54) is 20.6 Å². The molecule has 0 radical (unpaired) electrons. The van der Waals surface area contributed by atoms with Gasteiger partial charge in [-0.2, -0.15) is 0 Å². The predicted octanol–water partition coefficient (Wildman–Crippen LogP) is -2.17. The molecule has 0 spiro atoms. The van der Waals surface area contributed by atoms with Gasteiger partial charge in [0.1, 0.15) is 0 Å². The Hall–Kier alpha value is 0.214. The Labute approximate surface area is 140 Å². The zero-order valence-electron chi connectivity index (χ0n) is 11.6. The summed E-state index contributed by atoms with van der Waals surface area (Å²) in [5.41, 5.74) is 4.03. The molecule has 4 heteroatoms. The summed E-state index contributed by atoms with van der Waals surface area (Å²) in [7, 11) is 1.83. The third kappa shape index (κ3) is 4.09. The van der Waals surface area contributed by atoms with Gasteiger partial charge >= 0.3 is 116 Å². The van der Waals surface area contributed by atoms with Crippen molar-refractivity contribution in [3.05, 3.63) is 44.9 Å². The Kier molecular flexibility index (Phi) is 7.94. The number of rotatable bonds is 3. The van der Waals surface area contributed by atoms with Gasteiger partial charge in [-0.25, -0.2) is 0 Å². The van der Waals surface area contributed by atoms with Crippen LogP contribution >= 0.6 is 0 Å². The maximum absolute atomic E-state index is 5.87. The SMILES string of the molecule is COC1(CC2=[C]([Ti+2])CC=C2)CC=C(C)C=C1C.[Cl-].[Cl-]. The molecule has 0 bridgehead atoms. The zero-order chi connectivity index (χ0) is 12.5. The van der Waals surface area contributed by atoms with Crippen LogP contribution < -0.4 is 24.8 Å². The second-order valence-corrected chi connectivity index (χ2v) is 5.91. The van der Waals surface area contributed by atoms with E-state index in [-0.39, 0.29) is 30.4 Å². The van der Waals surface area contributed by atoms with Crippen molar-refractivity contribution < 1.29 is 50.0 Å². The smallest absolute Gasteiger partial charge is 1.00 e. The third-order valence-electron chi connectivity index (χ3n) is 3.81. The van der Waals surface area contributed by atoms with Crippen LogP contribution in [0, 0.1) is 0 Å². The minimum atomic E-state index is -0.120. The van der Waals surface area contributed by atoms with Crippen molar-refractivity contribution in [3.63, 3.8) is 0 Å². The van der Waals surface area contributed by atoms with Crippen LogP contribution in [0.2, 0.25) is 0 Å². The number of ether oxygens (including phenoxy) is 1. The van der Waals surface area contributed by atoms with E-state index in [4.69, 9.17) is 4.74 Å². The maximum Gasteiger partial charge on any atom is -1.00 e. The number of hydrogen-bond donors (Lipinski definition) is 0. The molecule has 1 unspecified atom stereocenters. The van der Waals surface area contributed by atoms with E-state index >= 15 is 0 Å². The molecule has 0 amide bonds. The molecule has 1 nitrogen and oxygen atoms in total. The van der Waals surface area contributed by atoms with Crippen molar-refractivity contribution in [1.82, 2.24) is 0 Å². The molecule has 0 aliphatic heterocycles. The fourth-order valence-corrected chi connectivity index (χ4v) is 3.02. The topological polar surface area (TPSA) is 9.23 Å². The van der Waals surface area contributed by atoms with E-state index in [2.05, 4.69) is 58.6 Å². The Morgan fingerprint density at radius 2 is 2.00 bits per heavy atom. The zero-order valence-corrected chi connectivity index (χ0v) is 14.7. The third-order valence-corrected chi connectivity index (χ3v) is 4.63.